The molecule has 59 heavy (non-hydrogen) atoms. The molecule has 3 aliphatic rings. The van der Waals surface area contributed by atoms with E-state index in [1.807, 2.05) is 0 Å². The Morgan fingerprint density at radius 3 is 1.68 bits per heavy atom. The number of benzene rings is 10. The highest BCUT2D eigenvalue weighted by Crippen LogP contribution is 2.53. The summed E-state index contributed by atoms with van der Waals surface area (Å²) < 4.78 is 0. The second-order valence-electron chi connectivity index (χ2n) is 17.5. The van der Waals surface area contributed by atoms with Crippen LogP contribution < -0.4 is 0 Å². The van der Waals surface area contributed by atoms with Crippen LogP contribution in [0.25, 0.3) is 99.2 Å². The monoisotopic (exact) mass is 748 g/mol. The van der Waals surface area contributed by atoms with E-state index < -0.39 is 0 Å². The standard InChI is InChI=1S/C59H40/c1-59(2)53-33-41(43-13-3-5-15-45(43)47-27-21-39-19-17-35-9-7-11-37-23-31-51(47)57(39)55(35)37)25-29-49(53)50-30-26-42(34-54(50)59)44-14-4-6-16-46(44)48-28-22-40-20-18-36-10-8-12-38-24-32-52(48)58(40)56(36)38/h3-21,23-34,40H,22H2,1-2H3. The molecule has 0 amide bonds. The average molecular weight is 749 g/mol. The summed E-state index contributed by atoms with van der Waals surface area (Å²) in [6.07, 6.45) is 8.26. The molecule has 10 aromatic rings. The summed E-state index contributed by atoms with van der Waals surface area (Å²) in [7, 11) is 0. The second kappa shape index (κ2) is 12.0. The van der Waals surface area contributed by atoms with E-state index in [1.54, 1.807) is 0 Å². The fourth-order valence-corrected chi connectivity index (χ4v) is 11.3. The van der Waals surface area contributed by atoms with Gasteiger partial charge < -0.3 is 0 Å². The fraction of sp³-hybridized carbons (Fsp3) is 0.0847. The molecule has 0 fully saturated rings. The van der Waals surface area contributed by atoms with Crippen LogP contribution in [0.1, 0.15) is 59.6 Å². The van der Waals surface area contributed by atoms with Gasteiger partial charge in [-0.1, -0.05) is 190 Å². The van der Waals surface area contributed by atoms with Gasteiger partial charge in [0, 0.05) is 11.3 Å². The van der Waals surface area contributed by atoms with Gasteiger partial charge in [0.15, 0.2) is 0 Å². The zero-order valence-corrected chi connectivity index (χ0v) is 33.2. The molecule has 1 atom stereocenters. The van der Waals surface area contributed by atoms with Crippen molar-refractivity contribution in [3.8, 4) is 44.5 Å². The molecule has 0 N–H and O–H groups in total. The Morgan fingerprint density at radius 2 is 0.966 bits per heavy atom. The smallest absolute Gasteiger partial charge is 0.0159 e. The molecule has 0 radical (unpaired) electrons. The van der Waals surface area contributed by atoms with Crippen molar-refractivity contribution < 1.29 is 0 Å². The lowest BCUT2D eigenvalue weighted by Gasteiger charge is -2.30. The van der Waals surface area contributed by atoms with Crippen molar-refractivity contribution in [2.75, 3.05) is 0 Å². The van der Waals surface area contributed by atoms with Gasteiger partial charge >= 0.3 is 0 Å². The highest BCUT2D eigenvalue weighted by Gasteiger charge is 2.36. The first kappa shape index (κ1) is 33.0. The second-order valence-corrected chi connectivity index (χ2v) is 17.5. The molecule has 0 heterocycles. The van der Waals surface area contributed by atoms with Crippen molar-refractivity contribution in [2.45, 2.75) is 31.6 Å². The van der Waals surface area contributed by atoms with E-state index in [-0.39, 0.29) is 5.41 Å². The maximum absolute atomic E-state index is 2.49. The summed E-state index contributed by atoms with van der Waals surface area (Å²) >= 11 is 0. The third kappa shape index (κ3) is 4.60. The minimum Gasteiger partial charge on any atom is -0.0760 e. The molecular weight excluding hydrogens is 709 g/mol. The van der Waals surface area contributed by atoms with Gasteiger partial charge in [-0.15, -0.1) is 0 Å². The quantitative estimate of drug-likeness (QED) is 0.157. The van der Waals surface area contributed by atoms with Crippen molar-refractivity contribution in [1.82, 2.24) is 0 Å². The molecule has 0 saturated heterocycles. The Labute approximate surface area is 344 Å². The third-order valence-corrected chi connectivity index (χ3v) is 14.1. The Kier molecular flexibility index (Phi) is 6.72. The molecular formula is C59H40. The minimum absolute atomic E-state index is 0.170. The fourth-order valence-electron chi connectivity index (χ4n) is 11.3. The van der Waals surface area contributed by atoms with Crippen LogP contribution in [0.15, 0.2) is 182 Å². The maximum Gasteiger partial charge on any atom is 0.0159 e. The average Bonchev–Trinajstić information content (AvgIpc) is 3.51. The van der Waals surface area contributed by atoms with Gasteiger partial charge in [-0.25, -0.2) is 0 Å². The van der Waals surface area contributed by atoms with E-state index in [2.05, 4.69) is 202 Å². The van der Waals surface area contributed by atoms with Crippen molar-refractivity contribution >= 4 is 54.7 Å². The van der Waals surface area contributed by atoms with Gasteiger partial charge in [0.25, 0.3) is 0 Å². The number of hydrogen-bond donors (Lipinski definition) is 0. The zero-order valence-electron chi connectivity index (χ0n) is 33.2. The van der Waals surface area contributed by atoms with E-state index in [0.717, 1.165) is 6.42 Å². The van der Waals surface area contributed by atoms with E-state index in [1.165, 1.54) is 127 Å². The predicted octanol–water partition coefficient (Wildman–Crippen LogP) is 16.0. The first-order valence-corrected chi connectivity index (χ1v) is 21.1. The van der Waals surface area contributed by atoms with E-state index in [0.29, 0.717) is 5.92 Å². The topological polar surface area (TPSA) is 0 Å². The largest absolute Gasteiger partial charge is 0.0760 e. The number of allylic oxidation sites excluding steroid dienone is 2. The summed E-state index contributed by atoms with van der Waals surface area (Å²) in [6, 6.07) is 64.4. The first-order valence-electron chi connectivity index (χ1n) is 21.1. The van der Waals surface area contributed by atoms with Gasteiger partial charge in [-0.3, -0.25) is 0 Å². The molecule has 1 unspecified atom stereocenters. The van der Waals surface area contributed by atoms with Crippen LogP contribution in [0.2, 0.25) is 0 Å². The normalized spacial score (nSPS) is 15.9. The van der Waals surface area contributed by atoms with Crippen LogP contribution in [-0.2, 0) is 5.41 Å². The molecule has 10 aromatic carbocycles. The molecule has 0 aliphatic heterocycles. The van der Waals surface area contributed by atoms with Gasteiger partial charge in [-0.05, 0) is 145 Å². The van der Waals surface area contributed by atoms with Crippen LogP contribution in [0.5, 0.6) is 0 Å². The number of rotatable bonds is 4. The maximum atomic E-state index is 2.49. The molecule has 0 spiro atoms. The van der Waals surface area contributed by atoms with Crippen LogP contribution >= 0.6 is 0 Å². The number of hydrogen-bond acceptors (Lipinski definition) is 0. The van der Waals surface area contributed by atoms with Crippen LogP contribution in [0, 0.1) is 0 Å². The number of fused-ring (bicyclic) bond motifs is 3. The highest BCUT2D eigenvalue weighted by atomic mass is 14.4. The lowest BCUT2D eigenvalue weighted by Crippen LogP contribution is -2.15. The molecule has 0 heteroatoms. The van der Waals surface area contributed by atoms with E-state index in [4.69, 9.17) is 0 Å². The zero-order chi connectivity index (χ0) is 39.0. The summed E-state index contributed by atoms with van der Waals surface area (Å²) in [4.78, 5) is 0. The molecule has 3 aliphatic carbocycles. The van der Waals surface area contributed by atoms with Crippen molar-refractivity contribution in [2.24, 2.45) is 0 Å². The van der Waals surface area contributed by atoms with Crippen LogP contribution in [-0.4, -0.2) is 0 Å². The first-order chi connectivity index (χ1) is 29.0. The lowest BCUT2D eigenvalue weighted by molar-refractivity contribution is 0.661. The van der Waals surface area contributed by atoms with Gasteiger partial charge in [0.05, 0.1) is 0 Å². The molecule has 276 valence electrons. The van der Waals surface area contributed by atoms with Gasteiger partial charge in [-0.2, -0.15) is 0 Å². The van der Waals surface area contributed by atoms with Crippen LogP contribution in [0.4, 0.5) is 0 Å². The van der Waals surface area contributed by atoms with Crippen molar-refractivity contribution in [3.63, 3.8) is 0 Å². The minimum atomic E-state index is -0.170. The Balaban J connectivity index is 0.905. The lowest BCUT2D eigenvalue weighted by atomic mass is 9.74. The van der Waals surface area contributed by atoms with Crippen molar-refractivity contribution in [1.29, 1.82) is 0 Å². The SMILES string of the molecule is CC1(C)c2cc(-c3ccccc3C3=CCC4C=Cc5cccc6ccc3c4c56)ccc2-c2ccc(-c3ccccc3-c3ccc4ccc5cccc6ccc3c4c56)cc21. The Bertz CT molecular complexity index is 3480. The van der Waals surface area contributed by atoms with Gasteiger partial charge in [0.2, 0.25) is 0 Å². The third-order valence-electron chi connectivity index (χ3n) is 14.1. The summed E-state index contributed by atoms with van der Waals surface area (Å²) in [5.41, 5.74) is 19.8. The molecule has 0 nitrogen and oxygen atoms in total. The molecule has 0 bridgehead atoms. The molecule has 0 saturated carbocycles. The highest BCUT2D eigenvalue weighted by molar-refractivity contribution is 6.25. The van der Waals surface area contributed by atoms with Gasteiger partial charge in [0.1, 0.15) is 0 Å². The summed E-state index contributed by atoms with van der Waals surface area (Å²) in [5, 5.41) is 10.7. The summed E-state index contributed by atoms with van der Waals surface area (Å²) in [6.45, 7) is 4.83. The summed E-state index contributed by atoms with van der Waals surface area (Å²) in [5.74, 6) is 0.427. The molecule has 13 rings (SSSR count). The van der Waals surface area contributed by atoms with E-state index >= 15 is 0 Å². The van der Waals surface area contributed by atoms with Crippen molar-refractivity contribution in [3.05, 3.63) is 215 Å². The van der Waals surface area contributed by atoms with E-state index in [9.17, 15) is 0 Å². The Morgan fingerprint density at radius 1 is 0.424 bits per heavy atom. The van der Waals surface area contributed by atoms with Crippen LogP contribution in [0.3, 0.4) is 0 Å². The molecule has 0 aromatic heterocycles. The predicted molar refractivity (Wildman–Crippen MR) is 251 cm³/mol. The Hall–Kier alpha value is -7.02.